The van der Waals surface area contributed by atoms with Crippen LogP contribution in [-0.2, 0) is 9.59 Å². The van der Waals surface area contributed by atoms with E-state index in [-0.39, 0.29) is 17.7 Å². The molecule has 1 aliphatic heterocycles. The largest absolute Gasteiger partial charge is 0.343 e. The summed E-state index contributed by atoms with van der Waals surface area (Å²) >= 11 is 0. The molecule has 18 heavy (non-hydrogen) atoms. The Labute approximate surface area is 109 Å². The Hall–Kier alpha value is -1.10. The van der Waals surface area contributed by atoms with Gasteiger partial charge in [-0.05, 0) is 25.7 Å². The first-order valence-corrected chi connectivity index (χ1v) is 6.82. The lowest BCUT2D eigenvalue weighted by atomic mass is 9.99. The summed E-state index contributed by atoms with van der Waals surface area (Å²) in [5.74, 6) is -0.110. The van der Waals surface area contributed by atoms with Crippen molar-refractivity contribution in [3.63, 3.8) is 0 Å². The number of rotatable bonds is 5. The third kappa shape index (κ3) is 3.70. The van der Waals surface area contributed by atoms with E-state index in [2.05, 4.69) is 5.32 Å². The van der Waals surface area contributed by atoms with Crippen LogP contribution in [0.2, 0.25) is 0 Å². The fourth-order valence-corrected chi connectivity index (χ4v) is 2.10. The molecule has 0 saturated carbocycles. The van der Waals surface area contributed by atoms with Crippen LogP contribution in [0.5, 0.6) is 0 Å². The van der Waals surface area contributed by atoms with Gasteiger partial charge in [-0.1, -0.05) is 20.3 Å². The van der Waals surface area contributed by atoms with E-state index in [9.17, 15) is 9.59 Å². The number of likely N-dealkylation sites (tertiary alicyclic amines) is 1. The van der Waals surface area contributed by atoms with Crippen molar-refractivity contribution < 1.29 is 9.59 Å². The molecule has 104 valence electrons. The van der Waals surface area contributed by atoms with Gasteiger partial charge in [0.05, 0.1) is 6.04 Å². The lowest BCUT2D eigenvalue weighted by Crippen LogP contribution is -2.52. The number of carbonyl (C=O) groups excluding carboxylic acids is 2. The number of nitrogens with two attached hydrogens (primary N) is 1. The minimum atomic E-state index is -0.538. The Morgan fingerprint density at radius 2 is 1.83 bits per heavy atom. The molecule has 0 aliphatic carbocycles. The summed E-state index contributed by atoms with van der Waals surface area (Å²) in [7, 11) is 0. The molecule has 5 heteroatoms. The van der Waals surface area contributed by atoms with Crippen molar-refractivity contribution in [2.75, 3.05) is 13.1 Å². The fourth-order valence-electron chi connectivity index (χ4n) is 2.10. The Morgan fingerprint density at radius 1 is 1.28 bits per heavy atom. The molecule has 0 spiro atoms. The highest BCUT2D eigenvalue weighted by molar-refractivity contribution is 5.89. The summed E-state index contributed by atoms with van der Waals surface area (Å²) < 4.78 is 0. The second-order valence-corrected chi connectivity index (χ2v) is 5.17. The summed E-state index contributed by atoms with van der Waals surface area (Å²) in [6, 6.07) is -1.02. The van der Waals surface area contributed by atoms with E-state index in [0.717, 1.165) is 32.4 Å². The average Bonchev–Trinajstić information content (AvgIpc) is 2.89. The summed E-state index contributed by atoms with van der Waals surface area (Å²) in [6.07, 6.45) is 2.96. The van der Waals surface area contributed by atoms with Crippen LogP contribution in [0.15, 0.2) is 0 Å². The van der Waals surface area contributed by atoms with E-state index in [1.807, 2.05) is 13.8 Å². The number of hydrogen-bond donors (Lipinski definition) is 2. The number of nitrogens with zero attached hydrogens (tertiary/aromatic N) is 1. The molecule has 1 saturated heterocycles. The average molecular weight is 255 g/mol. The summed E-state index contributed by atoms with van der Waals surface area (Å²) in [5.41, 5.74) is 5.84. The van der Waals surface area contributed by atoms with Gasteiger partial charge in [-0.25, -0.2) is 0 Å². The zero-order valence-electron chi connectivity index (χ0n) is 11.6. The lowest BCUT2D eigenvalue weighted by Gasteiger charge is -2.24. The van der Waals surface area contributed by atoms with Crippen LogP contribution in [0.3, 0.4) is 0 Å². The van der Waals surface area contributed by atoms with E-state index in [1.165, 1.54) is 0 Å². The summed E-state index contributed by atoms with van der Waals surface area (Å²) in [5, 5.41) is 2.72. The van der Waals surface area contributed by atoms with Gasteiger partial charge in [-0.15, -0.1) is 0 Å². The first-order chi connectivity index (χ1) is 8.47. The summed E-state index contributed by atoms with van der Waals surface area (Å²) in [6.45, 7) is 7.27. The molecular formula is C13H25N3O2. The quantitative estimate of drug-likeness (QED) is 0.750. The highest BCUT2D eigenvalue weighted by atomic mass is 16.2. The molecule has 3 atom stereocenters. The fraction of sp³-hybridized carbons (Fsp3) is 0.846. The molecule has 2 amide bonds. The van der Waals surface area contributed by atoms with E-state index >= 15 is 0 Å². The second kappa shape index (κ2) is 6.73. The normalized spacial score (nSPS) is 20.3. The van der Waals surface area contributed by atoms with Crippen molar-refractivity contribution in [1.82, 2.24) is 10.2 Å². The van der Waals surface area contributed by atoms with Crippen molar-refractivity contribution in [2.24, 2.45) is 11.7 Å². The Kier molecular flexibility index (Phi) is 5.59. The van der Waals surface area contributed by atoms with E-state index < -0.39 is 12.1 Å². The Balaban J connectivity index is 2.45. The zero-order valence-corrected chi connectivity index (χ0v) is 11.6. The first kappa shape index (κ1) is 15.0. The predicted molar refractivity (Wildman–Crippen MR) is 70.8 cm³/mol. The number of amides is 2. The van der Waals surface area contributed by atoms with Gasteiger partial charge in [0.2, 0.25) is 11.8 Å². The van der Waals surface area contributed by atoms with E-state index in [4.69, 9.17) is 5.73 Å². The maximum absolute atomic E-state index is 12.0. The van der Waals surface area contributed by atoms with Crippen LogP contribution < -0.4 is 11.1 Å². The van der Waals surface area contributed by atoms with Gasteiger partial charge in [0, 0.05) is 13.1 Å². The van der Waals surface area contributed by atoms with Gasteiger partial charge in [-0.3, -0.25) is 9.59 Å². The van der Waals surface area contributed by atoms with Crippen molar-refractivity contribution in [3.8, 4) is 0 Å². The summed E-state index contributed by atoms with van der Waals surface area (Å²) in [4.78, 5) is 25.7. The number of carbonyl (C=O) groups is 2. The molecule has 0 bridgehead atoms. The van der Waals surface area contributed by atoms with Gasteiger partial charge >= 0.3 is 0 Å². The van der Waals surface area contributed by atoms with Crippen LogP contribution in [-0.4, -0.2) is 41.9 Å². The van der Waals surface area contributed by atoms with Gasteiger partial charge < -0.3 is 16.0 Å². The molecule has 5 nitrogen and oxygen atoms in total. The molecule has 0 aromatic rings. The van der Waals surface area contributed by atoms with Gasteiger partial charge in [0.1, 0.15) is 6.04 Å². The van der Waals surface area contributed by atoms with Crippen LogP contribution in [0, 0.1) is 5.92 Å². The molecule has 1 heterocycles. The standard InChI is InChI=1S/C13H25N3O2/c1-4-9(2)11(14)12(17)15-10(3)13(18)16-7-5-6-8-16/h9-11H,4-8,14H2,1-3H3,(H,15,17). The molecule has 0 aromatic heterocycles. The van der Waals surface area contributed by atoms with Gasteiger partial charge in [0.25, 0.3) is 0 Å². The molecule has 1 fully saturated rings. The minimum Gasteiger partial charge on any atom is -0.343 e. The molecule has 0 aromatic carbocycles. The van der Waals surface area contributed by atoms with Crippen molar-refractivity contribution >= 4 is 11.8 Å². The molecule has 3 unspecified atom stereocenters. The molecule has 1 aliphatic rings. The monoisotopic (exact) mass is 255 g/mol. The van der Waals surface area contributed by atoms with Crippen molar-refractivity contribution in [2.45, 2.75) is 52.1 Å². The first-order valence-electron chi connectivity index (χ1n) is 6.82. The highest BCUT2D eigenvalue weighted by Gasteiger charge is 2.27. The SMILES string of the molecule is CCC(C)C(N)C(=O)NC(C)C(=O)N1CCCC1. The molecular weight excluding hydrogens is 230 g/mol. The number of hydrogen-bond acceptors (Lipinski definition) is 3. The van der Waals surface area contributed by atoms with Crippen LogP contribution in [0.1, 0.15) is 40.0 Å². The van der Waals surface area contributed by atoms with Gasteiger partial charge in [-0.2, -0.15) is 0 Å². The second-order valence-electron chi connectivity index (χ2n) is 5.17. The third-order valence-corrected chi connectivity index (χ3v) is 3.71. The Morgan fingerprint density at radius 3 is 2.33 bits per heavy atom. The van der Waals surface area contributed by atoms with Crippen molar-refractivity contribution in [1.29, 1.82) is 0 Å². The van der Waals surface area contributed by atoms with Gasteiger partial charge in [0.15, 0.2) is 0 Å². The molecule has 0 radical (unpaired) electrons. The van der Waals surface area contributed by atoms with Crippen LogP contribution in [0.25, 0.3) is 0 Å². The Bertz CT molecular complexity index is 301. The highest BCUT2D eigenvalue weighted by Crippen LogP contribution is 2.10. The zero-order chi connectivity index (χ0) is 13.7. The maximum atomic E-state index is 12.0. The van der Waals surface area contributed by atoms with E-state index in [1.54, 1.807) is 11.8 Å². The number of nitrogens with one attached hydrogen (secondary N) is 1. The topological polar surface area (TPSA) is 75.4 Å². The third-order valence-electron chi connectivity index (χ3n) is 3.71. The minimum absolute atomic E-state index is 0.00259. The predicted octanol–water partition coefficient (Wildman–Crippen LogP) is 0.487. The molecule has 3 N–H and O–H groups in total. The maximum Gasteiger partial charge on any atom is 0.244 e. The van der Waals surface area contributed by atoms with E-state index in [0.29, 0.717) is 0 Å². The smallest absolute Gasteiger partial charge is 0.244 e. The van der Waals surface area contributed by atoms with Crippen LogP contribution in [0.4, 0.5) is 0 Å². The van der Waals surface area contributed by atoms with Crippen LogP contribution >= 0.6 is 0 Å². The molecule has 1 rings (SSSR count). The lowest BCUT2D eigenvalue weighted by molar-refractivity contribution is -0.135. The van der Waals surface area contributed by atoms with Crippen molar-refractivity contribution in [3.05, 3.63) is 0 Å².